The van der Waals surface area contributed by atoms with E-state index in [0.29, 0.717) is 29.9 Å². The summed E-state index contributed by atoms with van der Waals surface area (Å²) in [6.07, 6.45) is 4.88. The van der Waals surface area contributed by atoms with Crippen molar-refractivity contribution in [2.75, 3.05) is 23.7 Å². The van der Waals surface area contributed by atoms with Crippen molar-refractivity contribution in [1.29, 1.82) is 0 Å². The Kier molecular flexibility index (Phi) is 6.29. The summed E-state index contributed by atoms with van der Waals surface area (Å²) < 4.78 is 14.2. The number of hydrogen-bond donors (Lipinski definition) is 3. The van der Waals surface area contributed by atoms with E-state index in [1.165, 1.54) is 17.2 Å². The van der Waals surface area contributed by atoms with E-state index in [1.54, 1.807) is 25.1 Å². The minimum absolute atomic E-state index is 0.0316. The molecule has 0 spiro atoms. The van der Waals surface area contributed by atoms with Crippen molar-refractivity contribution in [2.45, 2.75) is 40.3 Å². The van der Waals surface area contributed by atoms with Gasteiger partial charge in [-0.3, -0.25) is 4.79 Å². The molecule has 2 atom stereocenters. The number of halogens is 1. The number of benzene rings is 3. The van der Waals surface area contributed by atoms with Gasteiger partial charge in [0.1, 0.15) is 12.0 Å². The van der Waals surface area contributed by atoms with Gasteiger partial charge < -0.3 is 20.6 Å². The maximum absolute atomic E-state index is 14.2. The predicted molar refractivity (Wildman–Crippen MR) is 159 cm³/mol. The summed E-state index contributed by atoms with van der Waals surface area (Å²) in [5.41, 5.74) is 6.76. The van der Waals surface area contributed by atoms with Crippen molar-refractivity contribution in [3.05, 3.63) is 112 Å². The molecule has 3 N–H and O–H groups in total. The lowest BCUT2D eigenvalue weighted by Gasteiger charge is -2.50. The maximum atomic E-state index is 14.2. The number of amides is 1. The third-order valence-electron chi connectivity index (χ3n) is 8.94. The Morgan fingerprint density at radius 3 is 2.37 bits per heavy atom. The standard InChI is InChI=1S/C34H34FN3O3/c1-20-17-27-28(18-26(20)35)37-30(36-27)23-7-5-6-8-24(23)31(39)38-16-14-29-33(2,3)25(13-15-34(29,4)19-38)21-9-11-22(12-10-21)32(40)41/h5-14,17-18,30,36-37H,15-16,19H2,1-4H3,(H,40,41)/t30?,34-/m1/s1. The number of nitrogens with one attached hydrogen (secondary N) is 2. The van der Waals surface area contributed by atoms with Crippen LogP contribution in [0.1, 0.15) is 70.8 Å². The Morgan fingerprint density at radius 1 is 0.976 bits per heavy atom. The number of allylic oxidation sites excluding steroid dienone is 2. The van der Waals surface area contributed by atoms with E-state index in [-0.39, 0.29) is 34.3 Å². The number of carbonyl (C=O) groups excluding carboxylic acids is 1. The normalized spacial score (nSPS) is 22.5. The first-order valence-corrected chi connectivity index (χ1v) is 13.9. The summed E-state index contributed by atoms with van der Waals surface area (Å²) in [5, 5.41) is 16.0. The Labute approximate surface area is 239 Å². The van der Waals surface area contributed by atoms with Crippen molar-refractivity contribution in [1.82, 2.24) is 4.90 Å². The number of anilines is 2. The maximum Gasteiger partial charge on any atom is 0.335 e. The number of nitrogens with zero attached hydrogens (tertiary/aromatic N) is 1. The molecule has 0 aromatic heterocycles. The van der Waals surface area contributed by atoms with Gasteiger partial charge in [-0.05, 0) is 60.4 Å². The minimum atomic E-state index is -0.935. The fraction of sp³-hybridized carbons (Fsp3) is 0.294. The summed E-state index contributed by atoms with van der Waals surface area (Å²) in [4.78, 5) is 27.3. The van der Waals surface area contributed by atoms with Crippen molar-refractivity contribution >= 4 is 28.8 Å². The zero-order valence-electron chi connectivity index (χ0n) is 23.7. The molecule has 0 bridgehead atoms. The number of aryl methyl sites for hydroxylation is 1. The largest absolute Gasteiger partial charge is 0.478 e. The van der Waals surface area contributed by atoms with Crippen molar-refractivity contribution in [2.24, 2.45) is 10.8 Å². The second-order valence-electron chi connectivity index (χ2n) is 12.1. The fourth-order valence-corrected chi connectivity index (χ4v) is 6.89. The minimum Gasteiger partial charge on any atom is -0.478 e. The molecule has 6 rings (SSSR count). The van der Waals surface area contributed by atoms with Gasteiger partial charge in [-0.15, -0.1) is 0 Å². The van der Waals surface area contributed by atoms with E-state index >= 15 is 0 Å². The van der Waals surface area contributed by atoms with E-state index in [1.807, 2.05) is 41.3 Å². The first kappa shape index (κ1) is 26.8. The molecule has 2 aliphatic heterocycles. The second kappa shape index (κ2) is 9.61. The Morgan fingerprint density at radius 2 is 1.66 bits per heavy atom. The third-order valence-corrected chi connectivity index (χ3v) is 8.94. The Balaban J connectivity index is 1.25. The first-order valence-electron chi connectivity index (χ1n) is 13.9. The Hall–Kier alpha value is -4.39. The molecule has 3 aromatic rings. The number of carboxylic acids is 1. The molecule has 1 amide bonds. The molecule has 1 unspecified atom stereocenters. The number of rotatable bonds is 4. The molecule has 0 fully saturated rings. The zero-order chi connectivity index (χ0) is 29.1. The van der Waals surface area contributed by atoms with Crippen molar-refractivity contribution in [3.8, 4) is 0 Å². The van der Waals surface area contributed by atoms with Crippen LogP contribution in [0.2, 0.25) is 0 Å². The predicted octanol–water partition coefficient (Wildman–Crippen LogP) is 7.27. The van der Waals surface area contributed by atoms with E-state index in [0.717, 1.165) is 23.2 Å². The molecule has 41 heavy (non-hydrogen) atoms. The van der Waals surface area contributed by atoms with Gasteiger partial charge in [0.15, 0.2) is 0 Å². The highest BCUT2D eigenvalue weighted by Gasteiger charge is 2.46. The summed E-state index contributed by atoms with van der Waals surface area (Å²) in [6, 6.07) is 17.9. The van der Waals surface area contributed by atoms with Gasteiger partial charge in [-0.25, -0.2) is 9.18 Å². The van der Waals surface area contributed by atoms with Crippen LogP contribution >= 0.6 is 0 Å². The topological polar surface area (TPSA) is 81.7 Å². The summed E-state index contributed by atoms with van der Waals surface area (Å²) in [7, 11) is 0. The van der Waals surface area contributed by atoms with Gasteiger partial charge in [0.25, 0.3) is 5.91 Å². The van der Waals surface area contributed by atoms with Crippen molar-refractivity contribution in [3.63, 3.8) is 0 Å². The molecule has 3 aromatic carbocycles. The highest BCUT2D eigenvalue weighted by Crippen LogP contribution is 2.55. The summed E-state index contributed by atoms with van der Waals surface area (Å²) in [6.45, 7) is 9.47. The van der Waals surface area contributed by atoms with Crippen LogP contribution in [0.5, 0.6) is 0 Å². The molecule has 0 radical (unpaired) electrons. The molecule has 0 saturated carbocycles. The average molecular weight is 552 g/mol. The molecule has 6 nitrogen and oxygen atoms in total. The van der Waals surface area contributed by atoms with E-state index in [4.69, 9.17) is 0 Å². The van der Waals surface area contributed by atoms with Crippen molar-refractivity contribution < 1.29 is 19.1 Å². The number of fused-ring (bicyclic) bond motifs is 2. The molecule has 0 saturated heterocycles. The number of carboxylic acid groups (broad SMARTS) is 1. The third kappa shape index (κ3) is 4.49. The smallest absolute Gasteiger partial charge is 0.335 e. The van der Waals surface area contributed by atoms with Gasteiger partial charge in [0.05, 0.1) is 16.9 Å². The molecule has 2 heterocycles. The van der Waals surface area contributed by atoms with Crippen LogP contribution in [0.3, 0.4) is 0 Å². The molecule has 1 aliphatic carbocycles. The quantitative estimate of drug-likeness (QED) is 0.297. The lowest BCUT2D eigenvalue weighted by atomic mass is 9.58. The van der Waals surface area contributed by atoms with Gasteiger partial charge in [0.2, 0.25) is 0 Å². The number of hydrogen-bond acceptors (Lipinski definition) is 4. The zero-order valence-corrected chi connectivity index (χ0v) is 23.7. The van der Waals surface area contributed by atoms with E-state index < -0.39 is 5.97 Å². The second-order valence-corrected chi connectivity index (χ2v) is 12.1. The first-order chi connectivity index (χ1) is 19.5. The number of carbonyl (C=O) groups is 2. The van der Waals surface area contributed by atoms with Gasteiger partial charge in [-0.2, -0.15) is 0 Å². The van der Waals surface area contributed by atoms with E-state index in [9.17, 15) is 19.1 Å². The van der Waals surface area contributed by atoms with Gasteiger partial charge >= 0.3 is 5.97 Å². The molecule has 7 heteroatoms. The molecule has 3 aliphatic rings. The van der Waals surface area contributed by atoms with Crippen LogP contribution in [-0.4, -0.2) is 35.0 Å². The highest BCUT2D eigenvalue weighted by atomic mass is 19.1. The highest BCUT2D eigenvalue weighted by molar-refractivity contribution is 5.97. The monoisotopic (exact) mass is 551 g/mol. The van der Waals surface area contributed by atoms with Crippen LogP contribution in [0.15, 0.2) is 78.4 Å². The summed E-state index contributed by atoms with van der Waals surface area (Å²) >= 11 is 0. The summed E-state index contributed by atoms with van der Waals surface area (Å²) in [5.74, 6) is -1.23. The van der Waals surface area contributed by atoms with Crippen LogP contribution in [0.25, 0.3) is 5.57 Å². The average Bonchev–Trinajstić information content (AvgIpc) is 3.34. The van der Waals surface area contributed by atoms with E-state index in [2.05, 4.69) is 43.6 Å². The molecule has 210 valence electrons. The fourth-order valence-electron chi connectivity index (χ4n) is 6.89. The van der Waals surface area contributed by atoms with Crippen LogP contribution in [-0.2, 0) is 0 Å². The lowest BCUT2D eigenvalue weighted by Crippen LogP contribution is -2.49. The van der Waals surface area contributed by atoms with Gasteiger partial charge in [0, 0.05) is 35.0 Å². The SMILES string of the molecule is Cc1cc2c(cc1F)NC(c1ccccc1C(=O)N1CC=C3C(C)(C)C(c4ccc(C(=O)O)cc4)=CC[C@]3(C)C1)N2. The lowest BCUT2D eigenvalue weighted by molar-refractivity contribution is 0.0677. The van der Waals surface area contributed by atoms with Crippen LogP contribution in [0.4, 0.5) is 15.8 Å². The van der Waals surface area contributed by atoms with Gasteiger partial charge in [-0.1, -0.05) is 68.8 Å². The molecular weight excluding hydrogens is 517 g/mol. The number of aromatic carboxylic acids is 1. The Bertz CT molecular complexity index is 1610. The molecular formula is C34H34FN3O3. The van der Waals surface area contributed by atoms with Crippen LogP contribution < -0.4 is 10.6 Å². The van der Waals surface area contributed by atoms with Crippen LogP contribution in [0, 0.1) is 23.6 Å².